The highest BCUT2D eigenvalue weighted by Gasteiger charge is 2.48. The number of hydrogen-bond donors (Lipinski definition) is 1. The zero-order chi connectivity index (χ0) is 20.1. The quantitative estimate of drug-likeness (QED) is 0.797. The van der Waals surface area contributed by atoms with Crippen LogP contribution in [0.15, 0.2) is 0 Å². The Morgan fingerprint density at radius 1 is 0.808 bits per heavy atom. The minimum Gasteiger partial charge on any atom is -0.390 e. The first-order chi connectivity index (χ1) is 12.9. The Balaban J connectivity index is 0.000000170. The molecule has 2 saturated carbocycles. The predicted octanol–water partition coefficient (Wildman–Crippen LogP) is 3.83. The molecule has 2 saturated heterocycles. The highest BCUT2D eigenvalue weighted by molar-refractivity contribution is 4.94. The molecule has 0 spiro atoms. The van der Waals surface area contributed by atoms with Crippen LogP contribution in [0.2, 0.25) is 0 Å². The second-order valence-corrected chi connectivity index (χ2v) is 8.30. The van der Waals surface area contributed by atoms with Gasteiger partial charge in [-0.05, 0) is 42.4 Å². The fourth-order valence-electron chi connectivity index (χ4n) is 5.31. The second-order valence-electron chi connectivity index (χ2n) is 8.30. The molecule has 0 radical (unpaired) electrons. The van der Waals surface area contributed by atoms with Crippen LogP contribution in [-0.2, 0) is 18.9 Å². The molecule has 0 aromatic carbocycles. The third-order valence-corrected chi connectivity index (χ3v) is 6.68. The number of ether oxygens (including phenoxy) is 4. The van der Waals surface area contributed by atoms with Gasteiger partial charge in [-0.15, -0.1) is 0 Å². The van der Waals surface area contributed by atoms with Gasteiger partial charge >= 0.3 is 0 Å². The largest absolute Gasteiger partial charge is 0.390 e. The van der Waals surface area contributed by atoms with Crippen LogP contribution in [0, 0.1) is 29.6 Å². The molecule has 4 aliphatic rings. The molecule has 0 aromatic rings. The van der Waals surface area contributed by atoms with E-state index >= 15 is 0 Å². The summed E-state index contributed by atoms with van der Waals surface area (Å²) >= 11 is 0. The van der Waals surface area contributed by atoms with Gasteiger partial charge in [-0.25, -0.2) is 0 Å². The molecular weight excluding hydrogens is 332 g/mol. The van der Waals surface area contributed by atoms with Crippen LogP contribution in [0.25, 0.3) is 0 Å². The van der Waals surface area contributed by atoms with E-state index in [9.17, 15) is 5.11 Å². The average molecular weight is 374 g/mol. The van der Waals surface area contributed by atoms with Gasteiger partial charge in [0, 0.05) is 28.4 Å². The van der Waals surface area contributed by atoms with Crippen molar-refractivity contribution in [3.63, 3.8) is 0 Å². The molecule has 5 heteroatoms. The Kier molecular flexibility index (Phi) is 7.76. The highest BCUT2D eigenvalue weighted by atomic mass is 16.7. The number of fused-ring (bicyclic) bond motifs is 2. The van der Waals surface area contributed by atoms with Crippen LogP contribution in [0.5, 0.6) is 0 Å². The lowest BCUT2D eigenvalue weighted by Gasteiger charge is -2.14. The van der Waals surface area contributed by atoms with Crippen LogP contribution in [0.1, 0.15) is 61.6 Å². The van der Waals surface area contributed by atoms with E-state index in [1.165, 1.54) is 6.42 Å². The number of hydrogen-bond acceptors (Lipinski definition) is 5. The summed E-state index contributed by atoms with van der Waals surface area (Å²) in [5, 5.41) is 9.60. The third-order valence-electron chi connectivity index (χ3n) is 6.68. The second kappa shape index (κ2) is 9.83. The Hall–Kier alpha value is -0.200. The Morgan fingerprint density at radius 3 is 1.73 bits per heavy atom. The van der Waals surface area contributed by atoms with E-state index in [0.29, 0.717) is 24.8 Å². The van der Waals surface area contributed by atoms with E-state index in [4.69, 9.17) is 20.3 Å². The highest BCUT2D eigenvalue weighted by Crippen LogP contribution is 2.46. The molecule has 4 rings (SSSR count). The summed E-state index contributed by atoms with van der Waals surface area (Å²) in [6.07, 6.45) is 4.48. The van der Waals surface area contributed by atoms with Gasteiger partial charge in [0.05, 0.1) is 18.3 Å². The summed E-state index contributed by atoms with van der Waals surface area (Å²) in [5.41, 5.74) is 0. The van der Waals surface area contributed by atoms with Crippen molar-refractivity contribution in [3.05, 3.63) is 0 Å². The third kappa shape index (κ3) is 4.61. The molecule has 0 amide bonds. The summed E-state index contributed by atoms with van der Waals surface area (Å²) in [6, 6.07) is 0. The Bertz CT molecular complexity index is 367. The first kappa shape index (κ1) is 20.5. The molecule has 2 aliphatic carbocycles. The van der Waals surface area contributed by atoms with Crippen molar-refractivity contribution in [3.8, 4) is 0 Å². The normalized spacial score (nSPS) is 49.4. The number of aliphatic hydroxyl groups is 1. The van der Waals surface area contributed by atoms with Gasteiger partial charge in [-0.2, -0.15) is 0 Å². The van der Waals surface area contributed by atoms with Crippen molar-refractivity contribution in [2.75, 3.05) is 14.2 Å². The Morgan fingerprint density at radius 2 is 1.27 bits per heavy atom. The standard InChI is InChI=1S/C10H18O2.C9H16O3.C2H6/c1-6-4-7(2)10-8(6)5-9(11-3)12-10;1-5-3-7(10)9-6(5)4-8(11-2)12-9;1-2/h6-10H,4-5H2,1-3H3;5-10H,3-4H2,1-2H3;1-2H3/t6-,7-,8+,9?,10-;5-,6+,7-,8?,9+;/m11./s1/i;;1D. The molecule has 5 nitrogen and oxygen atoms in total. The average Bonchev–Trinajstić information content (AvgIpc) is 3.36. The summed E-state index contributed by atoms with van der Waals surface area (Å²) in [6.45, 7) is 9.09. The monoisotopic (exact) mass is 373 g/mol. The molecule has 10 atom stereocenters. The van der Waals surface area contributed by atoms with Crippen molar-refractivity contribution in [2.45, 2.75) is 91.2 Å². The molecule has 26 heavy (non-hydrogen) atoms. The van der Waals surface area contributed by atoms with Crippen molar-refractivity contribution < 1.29 is 25.4 Å². The van der Waals surface area contributed by atoms with Gasteiger partial charge in [-0.1, -0.05) is 34.6 Å². The summed E-state index contributed by atoms with van der Waals surface area (Å²) in [5.74, 6) is 3.38. The minimum absolute atomic E-state index is 0.0324. The fourth-order valence-corrected chi connectivity index (χ4v) is 5.31. The van der Waals surface area contributed by atoms with Crippen molar-refractivity contribution in [1.29, 1.82) is 0 Å². The van der Waals surface area contributed by atoms with E-state index in [1.807, 2.05) is 0 Å². The SMILES string of the molecule is COC1C[C@@H]2[C@H](O1)[C@H](C)C[C@H]2C.COC1C[C@@H]2[C@H](O1)[C@H](O)C[C@H]2C.[2H]CC. The van der Waals surface area contributed by atoms with E-state index in [0.717, 1.165) is 37.0 Å². The van der Waals surface area contributed by atoms with E-state index in [2.05, 4.69) is 20.8 Å². The van der Waals surface area contributed by atoms with E-state index < -0.39 is 0 Å². The minimum atomic E-state index is -0.273. The van der Waals surface area contributed by atoms with Crippen LogP contribution in [-0.4, -0.2) is 50.2 Å². The first-order valence-electron chi connectivity index (χ1n) is 10.9. The molecule has 1 N–H and O–H groups in total. The van der Waals surface area contributed by atoms with Crippen molar-refractivity contribution >= 4 is 0 Å². The summed E-state index contributed by atoms with van der Waals surface area (Å²) < 4.78 is 27.9. The van der Waals surface area contributed by atoms with Gasteiger partial charge in [-0.3, -0.25) is 0 Å². The first-order valence-corrected chi connectivity index (χ1v) is 10.2. The topological polar surface area (TPSA) is 57.2 Å². The molecule has 0 aromatic heterocycles. The lowest BCUT2D eigenvalue weighted by atomic mass is 9.95. The van der Waals surface area contributed by atoms with E-state index in [1.54, 1.807) is 21.1 Å². The van der Waals surface area contributed by atoms with Crippen LogP contribution >= 0.6 is 0 Å². The molecule has 2 aliphatic heterocycles. The molecule has 2 heterocycles. The molecule has 2 unspecified atom stereocenters. The van der Waals surface area contributed by atoms with Crippen molar-refractivity contribution in [1.82, 2.24) is 0 Å². The fraction of sp³-hybridized carbons (Fsp3) is 1.00. The summed E-state index contributed by atoms with van der Waals surface area (Å²) in [4.78, 5) is 0. The molecular formula is C21H40O5. The van der Waals surface area contributed by atoms with Crippen LogP contribution in [0.4, 0.5) is 0 Å². The predicted molar refractivity (Wildman–Crippen MR) is 102 cm³/mol. The number of aliphatic hydroxyl groups excluding tert-OH is 1. The molecule has 4 fully saturated rings. The van der Waals surface area contributed by atoms with Crippen molar-refractivity contribution in [2.24, 2.45) is 29.6 Å². The zero-order valence-corrected chi connectivity index (χ0v) is 17.4. The molecule has 0 bridgehead atoms. The number of methoxy groups -OCH3 is 2. The van der Waals surface area contributed by atoms with Gasteiger partial charge in [0.15, 0.2) is 12.6 Å². The van der Waals surface area contributed by atoms with Gasteiger partial charge in [0.25, 0.3) is 0 Å². The van der Waals surface area contributed by atoms with E-state index in [-0.39, 0.29) is 24.8 Å². The maximum Gasteiger partial charge on any atom is 0.158 e. The maximum absolute atomic E-state index is 9.60. The van der Waals surface area contributed by atoms with Gasteiger partial charge < -0.3 is 24.1 Å². The van der Waals surface area contributed by atoms with Gasteiger partial charge in [0.1, 0.15) is 0 Å². The van der Waals surface area contributed by atoms with Crippen LogP contribution < -0.4 is 0 Å². The van der Waals surface area contributed by atoms with Crippen LogP contribution in [0.3, 0.4) is 0 Å². The Labute approximate surface area is 161 Å². The smallest absolute Gasteiger partial charge is 0.158 e. The summed E-state index contributed by atoms with van der Waals surface area (Å²) in [7, 11) is 3.39. The molecule has 154 valence electrons. The lowest BCUT2D eigenvalue weighted by molar-refractivity contribution is -0.136. The lowest BCUT2D eigenvalue weighted by Crippen LogP contribution is -2.24. The zero-order valence-electron chi connectivity index (χ0n) is 18.4. The van der Waals surface area contributed by atoms with Gasteiger partial charge in [0.2, 0.25) is 0 Å². The number of rotatable bonds is 2. The maximum atomic E-state index is 9.60.